The molecule has 1 heterocycles. The molecular formula is C12H14N2O4. The van der Waals surface area contributed by atoms with E-state index < -0.39 is 11.0 Å². The van der Waals surface area contributed by atoms with Gasteiger partial charge in [-0.25, -0.2) is 4.79 Å². The van der Waals surface area contributed by atoms with Crippen LogP contribution < -0.4 is 0 Å². The predicted octanol–water partition coefficient (Wildman–Crippen LogP) is 2.45. The first-order valence-electron chi connectivity index (χ1n) is 5.80. The van der Waals surface area contributed by atoms with Gasteiger partial charge in [0.15, 0.2) is 0 Å². The SMILES string of the molecule is O=C(O)N1CCC(c2ccc([N+](=O)[O-])cc2)CC1. The number of nitro benzene ring substituents is 1. The van der Waals surface area contributed by atoms with Crippen LogP contribution in [0.15, 0.2) is 24.3 Å². The summed E-state index contributed by atoms with van der Waals surface area (Å²) in [6.07, 6.45) is 0.658. The maximum Gasteiger partial charge on any atom is 0.407 e. The third-order valence-corrected chi connectivity index (χ3v) is 3.34. The Balaban J connectivity index is 2.01. The Morgan fingerprint density at radius 2 is 1.83 bits per heavy atom. The first-order chi connectivity index (χ1) is 8.58. The maximum atomic E-state index is 10.8. The number of hydrogen-bond donors (Lipinski definition) is 1. The van der Waals surface area contributed by atoms with Crippen molar-refractivity contribution in [3.63, 3.8) is 0 Å². The number of non-ortho nitro benzene ring substituents is 1. The summed E-state index contributed by atoms with van der Waals surface area (Å²) in [5.41, 5.74) is 1.13. The van der Waals surface area contributed by atoms with E-state index in [0.717, 1.165) is 18.4 Å². The summed E-state index contributed by atoms with van der Waals surface area (Å²) >= 11 is 0. The lowest BCUT2D eigenvalue weighted by molar-refractivity contribution is -0.384. The molecule has 2 rings (SSSR count). The number of hydrogen-bond acceptors (Lipinski definition) is 3. The highest BCUT2D eigenvalue weighted by atomic mass is 16.6. The molecule has 0 aliphatic carbocycles. The highest BCUT2D eigenvalue weighted by Crippen LogP contribution is 2.29. The molecule has 0 unspecified atom stereocenters. The van der Waals surface area contributed by atoms with Crippen molar-refractivity contribution in [2.24, 2.45) is 0 Å². The molecular weight excluding hydrogens is 236 g/mol. The zero-order valence-electron chi connectivity index (χ0n) is 9.78. The van der Waals surface area contributed by atoms with Gasteiger partial charge in [0, 0.05) is 25.2 Å². The number of amides is 1. The van der Waals surface area contributed by atoms with Crippen LogP contribution in [0.5, 0.6) is 0 Å². The Hall–Kier alpha value is -2.11. The smallest absolute Gasteiger partial charge is 0.407 e. The van der Waals surface area contributed by atoms with Gasteiger partial charge in [-0.15, -0.1) is 0 Å². The summed E-state index contributed by atoms with van der Waals surface area (Å²) in [7, 11) is 0. The van der Waals surface area contributed by atoms with Crippen LogP contribution >= 0.6 is 0 Å². The molecule has 0 radical (unpaired) electrons. The van der Waals surface area contributed by atoms with E-state index in [-0.39, 0.29) is 5.69 Å². The first kappa shape index (κ1) is 12.3. The number of nitrogens with zero attached hydrogens (tertiary/aromatic N) is 2. The molecule has 1 amide bonds. The standard InChI is InChI=1S/C12H14N2O4/c15-12(16)13-7-5-10(6-8-13)9-1-3-11(4-2-9)14(17)18/h1-4,10H,5-8H2,(H,15,16). The van der Waals surface area contributed by atoms with Gasteiger partial charge in [0.25, 0.3) is 5.69 Å². The normalized spacial score (nSPS) is 16.6. The van der Waals surface area contributed by atoms with Crippen LogP contribution in [0.1, 0.15) is 24.3 Å². The average Bonchev–Trinajstić information content (AvgIpc) is 2.39. The average molecular weight is 250 g/mol. The van der Waals surface area contributed by atoms with E-state index >= 15 is 0 Å². The van der Waals surface area contributed by atoms with Crippen molar-refractivity contribution in [3.05, 3.63) is 39.9 Å². The van der Waals surface area contributed by atoms with Gasteiger partial charge in [-0.3, -0.25) is 10.1 Å². The van der Waals surface area contributed by atoms with Gasteiger partial charge in [0.2, 0.25) is 0 Å². The molecule has 0 atom stereocenters. The number of carboxylic acid groups (broad SMARTS) is 1. The maximum absolute atomic E-state index is 10.8. The number of benzene rings is 1. The first-order valence-corrected chi connectivity index (χ1v) is 5.80. The van der Waals surface area contributed by atoms with Crippen LogP contribution in [-0.4, -0.2) is 34.1 Å². The Morgan fingerprint density at radius 1 is 1.28 bits per heavy atom. The van der Waals surface area contributed by atoms with E-state index in [1.54, 1.807) is 12.1 Å². The second-order valence-electron chi connectivity index (χ2n) is 4.39. The van der Waals surface area contributed by atoms with E-state index in [0.29, 0.717) is 19.0 Å². The van der Waals surface area contributed by atoms with E-state index in [2.05, 4.69) is 0 Å². The van der Waals surface area contributed by atoms with Crippen molar-refractivity contribution >= 4 is 11.8 Å². The van der Waals surface area contributed by atoms with Crippen molar-refractivity contribution in [1.29, 1.82) is 0 Å². The minimum absolute atomic E-state index is 0.0849. The third kappa shape index (κ3) is 2.58. The highest BCUT2D eigenvalue weighted by Gasteiger charge is 2.23. The Morgan fingerprint density at radius 3 is 2.28 bits per heavy atom. The minimum Gasteiger partial charge on any atom is -0.465 e. The molecule has 0 saturated carbocycles. The number of rotatable bonds is 2. The zero-order chi connectivity index (χ0) is 13.1. The summed E-state index contributed by atoms with van der Waals surface area (Å²) in [6, 6.07) is 6.52. The largest absolute Gasteiger partial charge is 0.465 e. The predicted molar refractivity (Wildman–Crippen MR) is 64.7 cm³/mol. The van der Waals surface area contributed by atoms with Crippen molar-refractivity contribution in [1.82, 2.24) is 4.90 Å². The summed E-state index contributed by atoms with van der Waals surface area (Å²) in [5.74, 6) is 0.293. The molecule has 0 aromatic heterocycles. The van der Waals surface area contributed by atoms with Crippen LogP contribution in [-0.2, 0) is 0 Å². The van der Waals surface area contributed by atoms with E-state index in [4.69, 9.17) is 5.11 Å². The molecule has 18 heavy (non-hydrogen) atoms. The fourth-order valence-electron chi connectivity index (χ4n) is 2.27. The summed E-state index contributed by atoms with van der Waals surface area (Å²) < 4.78 is 0. The van der Waals surface area contributed by atoms with E-state index in [1.165, 1.54) is 17.0 Å². The number of nitro groups is 1. The third-order valence-electron chi connectivity index (χ3n) is 3.34. The Bertz CT molecular complexity index is 450. The number of likely N-dealkylation sites (tertiary alicyclic amines) is 1. The van der Waals surface area contributed by atoms with Gasteiger partial charge in [-0.05, 0) is 24.3 Å². The van der Waals surface area contributed by atoms with E-state index in [9.17, 15) is 14.9 Å². The summed E-state index contributed by atoms with van der Waals surface area (Å²) in [4.78, 5) is 22.3. The Kier molecular flexibility index (Phi) is 3.45. The van der Waals surface area contributed by atoms with Crippen molar-refractivity contribution in [2.45, 2.75) is 18.8 Å². The lowest BCUT2D eigenvalue weighted by Crippen LogP contribution is -2.36. The molecule has 0 bridgehead atoms. The van der Waals surface area contributed by atoms with Crippen LogP contribution in [0, 0.1) is 10.1 Å². The molecule has 1 aromatic rings. The molecule has 0 spiro atoms. The monoisotopic (exact) mass is 250 g/mol. The lowest BCUT2D eigenvalue weighted by atomic mass is 9.89. The molecule has 1 aliphatic heterocycles. The Labute approximate surface area is 104 Å². The minimum atomic E-state index is -0.878. The molecule has 1 N–H and O–H groups in total. The second kappa shape index (κ2) is 5.03. The molecule has 1 aliphatic rings. The van der Waals surface area contributed by atoms with Crippen LogP contribution in [0.25, 0.3) is 0 Å². The van der Waals surface area contributed by atoms with Gasteiger partial charge in [-0.2, -0.15) is 0 Å². The lowest BCUT2D eigenvalue weighted by Gasteiger charge is -2.30. The topological polar surface area (TPSA) is 83.7 Å². The molecule has 1 fully saturated rings. The van der Waals surface area contributed by atoms with Crippen molar-refractivity contribution in [3.8, 4) is 0 Å². The molecule has 6 nitrogen and oxygen atoms in total. The highest BCUT2D eigenvalue weighted by molar-refractivity contribution is 5.65. The number of carbonyl (C=O) groups is 1. The molecule has 6 heteroatoms. The fourth-order valence-corrected chi connectivity index (χ4v) is 2.27. The fraction of sp³-hybridized carbons (Fsp3) is 0.417. The quantitative estimate of drug-likeness (QED) is 0.645. The van der Waals surface area contributed by atoms with Gasteiger partial charge in [-0.1, -0.05) is 12.1 Å². The van der Waals surface area contributed by atoms with Gasteiger partial charge < -0.3 is 10.0 Å². The second-order valence-corrected chi connectivity index (χ2v) is 4.39. The molecule has 1 saturated heterocycles. The van der Waals surface area contributed by atoms with Crippen molar-refractivity contribution < 1.29 is 14.8 Å². The van der Waals surface area contributed by atoms with Crippen LogP contribution in [0.3, 0.4) is 0 Å². The van der Waals surface area contributed by atoms with Crippen LogP contribution in [0.4, 0.5) is 10.5 Å². The molecule has 96 valence electrons. The zero-order valence-corrected chi connectivity index (χ0v) is 9.78. The number of piperidine rings is 1. The van der Waals surface area contributed by atoms with Gasteiger partial charge in [0.05, 0.1) is 4.92 Å². The van der Waals surface area contributed by atoms with Crippen LogP contribution in [0.2, 0.25) is 0 Å². The van der Waals surface area contributed by atoms with Crippen molar-refractivity contribution in [2.75, 3.05) is 13.1 Å². The summed E-state index contributed by atoms with van der Waals surface area (Å²) in [6.45, 7) is 1.05. The van der Waals surface area contributed by atoms with Gasteiger partial charge >= 0.3 is 6.09 Å². The molecule has 1 aromatic carbocycles. The van der Waals surface area contributed by atoms with E-state index in [1.807, 2.05) is 0 Å². The summed E-state index contributed by atoms with van der Waals surface area (Å²) in [5, 5.41) is 19.4. The van der Waals surface area contributed by atoms with Gasteiger partial charge in [0.1, 0.15) is 0 Å².